The minimum atomic E-state index is -2.88. The van der Waals surface area contributed by atoms with Crippen molar-refractivity contribution in [1.82, 2.24) is 10.6 Å². The molecule has 0 spiro atoms. The van der Waals surface area contributed by atoms with Crippen molar-refractivity contribution >= 4 is 15.7 Å². The summed E-state index contributed by atoms with van der Waals surface area (Å²) in [5.41, 5.74) is 3.05. The molecular weight excluding hydrogens is 276 g/mol. The van der Waals surface area contributed by atoms with Gasteiger partial charge in [-0.15, -0.1) is 0 Å². The van der Waals surface area contributed by atoms with Crippen LogP contribution < -0.4 is 10.6 Å². The van der Waals surface area contributed by atoms with E-state index in [2.05, 4.69) is 10.6 Å². The average Bonchev–Trinajstić information content (AvgIpc) is 3.01. The molecule has 0 radical (unpaired) electrons. The van der Waals surface area contributed by atoms with Crippen molar-refractivity contribution in [2.24, 2.45) is 5.92 Å². The summed E-state index contributed by atoms with van der Waals surface area (Å²) in [5.74, 6) is 0.378. The molecule has 108 valence electrons. The summed E-state index contributed by atoms with van der Waals surface area (Å²) in [4.78, 5) is 12.1. The number of fused-ring (bicyclic) bond motifs is 1. The van der Waals surface area contributed by atoms with Crippen LogP contribution in [0.4, 0.5) is 0 Å². The van der Waals surface area contributed by atoms with Crippen molar-refractivity contribution in [3.63, 3.8) is 0 Å². The van der Waals surface area contributed by atoms with Crippen molar-refractivity contribution in [1.29, 1.82) is 0 Å². The molecule has 2 aliphatic rings. The molecule has 1 saturated heterocycles. The number of sulfone groups is 1. The normalized spacial score (nSPS) is 23.5. The molecule has 1 unspecified atom stereocenters. The molecule has 6 heteroatoms. The summed E-state index contributed by atoms with van der Waals surface area (Å²) in [6.07, 6.45) is 0.650. The van der Waals surface area contributed by atoms with Gasteiger partial charge in [0.15, 0.2) is 9.84 Å². The van der Waals surface area contributed by atoms with Crippen LogP contribution in [0.3, 0.4) is 0 Å². The van der Waals surface area contributed by atoms with Gasteiger partial charge in [0.25, 0.3) is 5.91 Å². The third kappa shape index (κ3) is 2.86. The maximum Gasteiger partial charge on any atom is 0.251 e. The summed E-state index contributed by atoms with van der Waals surface area (Å²) in [6, 6.07) is 5.72. The van der Waals surface area contributed by atoms with Crippen molar-refractivity contribution in [2.45, 2.75) is 19.5 Å². The van der Waals surface area contributed by atoms with E-state index in [1.807, 2.05) is 18.2 Å². The van der Waals surface area contributed by atoms with Gasteiger partial charge >= 0.3 is 0 Å². The second kappa shape index (κ2) is 5.18. The smallest absolute Gasteiger partial charge is 0.251 e. The monoisotopic (exact) mass is 294 g/mol. The highest BCUT2D eigenvalue weighted by atomic mass is 32.2. The van der Waals surface area contributed by atoms with Gasteiger partial charge in [0.2, 0.25) is 0 Å². The Labute approximate surface area is 118 Å². The molecule has 0 saturated carbocycles. The Morgan fingerprint density at radius 1 is 1.30 bits per heavy atom. The summed E-state index contributed by atoms with van der Waals surface area (Å²) >= 11 is 0. The lowest BCUT2D eigenvalue weighted by molar-refractivity contribution is 0.0948. The van der Waals surface area contributed by atoms with Gasteiger partial charge in [-0.1, -0.05) is 6.07 Å². The van der Waals surface area contributed by atoms with Crippen LogP contribution in [-0.2, 0) is 22.9 Å². The number of carbonyl (C=O) groups excluding carboxylic acids is 1. The minimum Gasteiger partial charge on any atom is -0.352 e. The zero-order valence-corrected chi connectivity index (χ0v) is 12.0. The number of hydrogen-bond acceptors (Lipinski definition) is 4. The van der Waals surface area contributed by atoms with E-state index in [1.54, 1.807) is 0 Å². The molecule has 1 fully saturated rings. The van der Waals surface area contributed by atoms with Gasteiger partial charge in [-0.05, 0) is 35.6 Å². The molecule has 3 rings (SSSR count). The van der Waals surface area contributed by atoms with Crippen LogP contribution in [0, 0.1) is 5.92 Å². The molecule has 5 nitrogen and oxygen atoms in total. The van der Waals surface area contributed by atoms with Gasteiger partial charge in [0.05, 0.1) is 11.5 Å². The summed E-state index contributed by atoms with van der Waals surface area (Å²) in [6.45, 7) is 2.10. The summed E-state index contributed by atoms with van der Waals surface area (Å²) in [7, 11) is -2.88. The SMILES string of the molecule is O=C(NCC1CCS(=O)(=O)C1)c1ccc2c(c1)CNC2. The fourth-order valence-electron chi connectivity index (χ4n) is 2.81. The second-order valence-electron chi connectivity index (χ2n) is 5.57. The fraction of sp³-hybridized carbons (Fsp3) is 0.500. The number of rotatable bonds is 3. The van der Waals surface area contributed by atoms with Gasteiger partial charge in [-0.2, -0.15) is 0 Å². The molecule has 2 heterocycles. The van der Waals surface area contributed by atoms with E-state index in [9.17, 15) is 13.2 Å². The Hall–Kier alpha value is -1.40. The molecule has 20 heavy (non-hydrogen) atoms. The highest BCUT2D eigenvalue weighted by molar-refractivity contribution is 7.91. The lowest BCUT2D eigenvalue weighted by Crippen LogP contribution is -2.29. The predicted molar refractivity (Wildman–Crippen MR) is 76.1 cm³/mol. The minimum absolute atomic E-state index is 0.0556. The van der Waals surface area contributed by atoms with Gasteiger partial charge in [-0.25, -0.2) is 8.42 Å². The first-order valence-corrected chi connectivity index (χ1v) is 8.67. The lowest BCUT2D eigenvalue weighted by Gasteiger charge is -2.10. The third-order valence-corrected chi connectivity index (χ3v) is 5.81. The van der Waals surface area contributed by atoms with Crippen LogP contribution in [0.15, 0.2) is 18.2 Å². The van der Waals surface area contributed by atoms with Gasteiger partial charge < -0.3 is 10.6 Å². The largest absolute Gasteiger partial charge is 0.352 e. The topological polar surface area (TPSA) is 75.3 Å². The maximum absolute atomic E-state index is 12.1. The molecule has 1 amide bonds. The number of benzene rings is 1. The number of nitrogens with one attached hydrogen (secondary N) is 2. The first-order chi connectivity index (χ1) is 9.53. The van der Waals surface area contributed by atoms with E-state index in [-0.39, 0.29) is 23.3 Å². The van der Waals surface area contributed by atoms with E-state index >= 15 is 0 Å². The zero-order chi connectivity index (χ0) is 14.2. The highest BCUT2D eigenvalue weighted by Crippen LogP contribution is 2.19. The molecule has 1 aromatic rings. The molecule has 1 aromatic carbocycles. The van der Waals surface area contributed by atoms with Crippen molar-refractivity contribution in [3.8, 4) is 0 Å². The van der Waals surface area contributed by atoms with Crippen LogP contribution in [0.2, 0.25) is 0 Å². The number of carbonyl (C=O) groups is 1. The first-order valence-electron chi connectivity index (χ1n) is 6.85. The van der Waals surface area contributed by atoms with Crippen molar-refractivity contribution in [2.75, 3.05) is 18.1 Å². The van der Waals surface area contributed by atoms with Crippen LogP contribution in [0.5, 0.6) is 0 Å². The summed E-state index contributed by atoms with van der Waals surface area (Å²) < 4.78 is 22.7. The molecular formula is C14H18N2O3S. The first kappa shape index (κ1) is 13.6. The van der Waals surface area contributed by atoms with Gasteiger partial charge in [-0.3, -0.25) is 4.79 Å². The van der Waals surface area contributed by atoms with E-state index in [4.69, 9.17) is 0 Å². The summed E-state index contributed by atoms with van der Waals surface area (Å²) in [5, 5.41) is 6.09. The average molecular weight is 294 g/mol. The quantitative estimate of drug-likeness (QED) is 0.849. The van der Waals surface area contributed by atoms with Crippen molar-refractivity contribution < 1.29 is 13.2 Å². The van der Waals surface area contributed by atoms with Gasteiger partial charge in [0, 0.05) is 25.2 Å². The predicted octanol–water partition coefficient (Wildman–Crippen LogP) is 0.454. The zero-order valence-electron chi connectivity index (χ0n) is 11.2. The second-order valence-corrected chi connectivity index (χ2v) is 7.79. The lowest BCUT2D eigenvalue weighted by atomic mass is 10.1. The van der Waals surface area contributed by atoms with Gasteiger partial charge in [0.1, 0.15) is 0 Å². The third-order valence-electron chi connectivity index (χ3n) is 3.98. The standard InChI is InChI=1S/C14H18N2O3S/c17-14(16-6-10-3-4-20(18,19)9-10)11-1-2-12-7-15-8-13(12)5-11/h1-2,5,10,15H,3-4,6-9H2,(H,16,17). The highest BCUT2D eigenvalue weighted by Gasteiger charge is 2.28. The Balaban J connectivity index is 1.60. The number of amides is 1. The Morgan fingerprint density at radius 2 is 2.10 bits per heavy atom. The molecule has 1 atom stereocenters. The van der Waals surface area contributed by atoms with Crippen LogP contribution in [0.25, 0.3) is 0 Å². The fourth-order valence-corrected chi connectivity index (χ4v) is 4.67. The van der Waals surface area contributed by atoms with E-state index in [0.717, 1.165) is 13.1 Å². The number of hydrogen-bond donors (Lipinski definition) is 2. The van der Waals surface area contributed by atoms with Crippen LogP contribution in [0.1, 0.15) is 27.9 Å². The Kier molecular flexibility index (Phi) is 3.52. The maximum atomic E-state index is 12.1. The van der Waals surface area contributed by atoms with Crippen LogP contribution >= 0.6 is 0 Å². The van der Waals surface area contributed by atoms with E-state index in [0.29, 0.717) is 18.5 Å². The molecule has 0 bridgehead atoms. The van der Waals surface area contributed by atoms with Crippen molar-refractivity contribution in [3.05, 3.63) is 34.9 Å². The van der Waals surface area contributed by atoms with E-state index in [1.165, 1.54) is 11.1 Å². The van der Waals surface area contributed by atoms with E-state index < -0.39 is 9.84 Å². The molecule has 0 aromatic heterocycles. The molecule has 2 N–H and O–H groups in total. The molecule has 0 aliphatic carbocycles. The Morgan fingerprint density at radius 3 is 2.85 bits per heavy atom. The Bertz CT molecular complexity index is 640. The van der Waals surface area contributed by atoms with Crippen LogP contribution in [-0.4, -0.2) is 32.4 Å². The molecule has 2 aliphatic heterocycles.